The second kappa shape index (κ2) is 8.86. The maximum absolute atomic E-state index is 14.5. The molecule has 0 radical (unpaired) electrons. The van der Waals surface area contributed by atoms with Crippen molar-refractivity contribution in [1.29, 1.82) is 0 Å². The van der Waals surface area contributed by atoms with Crippen molar-refractivity contribution in [1.82, 2.24) is 4.98 Å². The number of nitrogens with zero attached hydrogens (tertiary/aromatic N) is 1. The molecule has 33 heavy (non-hydrogen) atoms. The highest BCUT2D eigenvalue weighted by atomic mass is 32.1. The number of anilines is 1. The number of halogens is 4. The van der Waals surface area contributed by atoms with E-state index in [-0.39, 0.29) is 12.0 Å². The Bertz CT molecular complexity index is 1320. The largest absolute Gasteiger partial charge is 0.493 e. The molecule has 0 unspecified atom stereocenters. The summed E-state index contributed by atoms with van der Waals surface area (Å²) in [5.41, 5.74) is 3.02. The average molecular weight is 470 g/mol. The van der Waals surface area contributed by atoms with Gasteiger partial charge in [0.05, 0.1) is 12.3 Å². The van der Waals surface area contributed by atoms with Gasteiger partial charge in [0.25, 0.3) is 0 Å². The predicted molar refractivity (Wildman–Crippen MR) is 120 cm³/mol. The summed E-state index contributed by atoms with van der Waals surface area (Å²) < 4.78 is 60.9. The van der Waals surface area contributed by atoms with E-state index in [2.05, 4.69) is 16.4 Å². The Labute approximate surface area is 191 Å². The lowest BCUT2D eigenvalue weighted by molar-refractivity contribution is 0.357. The fraction of sp³-hybridized carbons (Fsp3) is 0.160. The number of rotatable bonds is 6. The minimum atomic E-state index is -0.753. The maximum atomic E-state index is 14.5. The molecule has 0 saturated carbocycles. The van der Waals surface area contributed by atoms with Gasteiger partial charge in [0.15, 0.2) is 5.13 Å². The first kappa shape index (κ1) is 21.5. The predicted octanol–water partition coefficient (Wildman–Crippen LogP) is 6.50. The van der Waals surface area contributed by atoms with Crippen LogP contribution < -0.4 is 10.1 Å². The fourth-order valence-electron chi connectivity index (χ4n) is 3.87. The van der Waals surface area contributed by atoms with E-state index >= 15 is 0 Å². The molecule has 0 amide bonds. The van der Waals surface area contributed by atoms with Gasteiger partial charge in [-0.1, -0.05) is 12.1 Å². The SMILES string of the molecule is Fc1cc(F)cc(Cc2sc(NCc3ccc4c(c3)CCO4)nc2-c2ccc(F)cc2F)c1. The highest BCUT2D eigenvalue weighted by molar-refractivity contribution is 7.16. The summed E-state index contributed by atoms with van der Waals surface area (Å²) in [4.78, 5) is 5.14. The lowest BCUT2D eigenvalue weighted by Gasteiger charge is -2.05. The molecule has 8 heteroatoms. The Balaban J connectivity index is 1.45. The molecule has 1 aliphatic rings. The maximum Gasteiger partial charge on any atom is 0.183 e. The van der Waals surface area contributed by atoms with Crippen LogP contribution in [-0.4, -0.2) is 11.6 Å². The van der Waals surface area contributed by atoms with E-state index in [9.17, 15) is 17.6 Å². The molecule has 4 aromatic rings. The second-order valence-electron chi connectivity index (χ2n) is 7.76. The first-order valence-corrected chi connectivity index (χ1v) is 11.1. The Hall–Kier alpha value is -3.39. The van der Waals surface area contributed by atoms with Crippen molar-refractivity contribution in [2.45, 2.75) is 19.4 Å². The number of thiazole rings is 1. The first-order chi connectivity index (χ1) is 15.9. The number of fused-ring (bicyclic) bond motifs is 1. The van der Waals surface area contributed by atoms with Gasteiger partial charge in [0, 0.05) is 42.0 Å². The number of benzene rings is 3. The molecule has 0 spiro atoms. The number of hydrogen-bond donors (Lipinski definition) is 1. The van der Waals surface area contributed by atoms with Gasteiger partial charge < -0.3 is 10.1 Å². The highest BCUT2D eigenvalue weighted by Crippen LogP contribution is 2.35. The van der Waals surface area contributed by atoms with Gasteiger partial charge in [0.2, 0.25) is 0 Å². The quantitative estimate of drug-likeness (QED) is 0.327. The van der Waals surface area contributed by atoms with Crippen molar-refractivity contribution >= 4 is 16.5 Å². The summed E-state index contributed by atoms with van der Waals surface area (Å²) in [6, 6.07) is 12.5. The first-order valence-electron chi connectivity index (χ1n) is 10.3. The number of nitrogens with one attached hydrogen (secondary N) is 1. The third-order valence-corrected chi connectivity index (χ3v) is 6.38. The molecule has 0 saturated heterocycles. The zero-order valence-corrected chi connectivity index (χ0v) is 18.1. The molecule has 168 valence electrons. The van der Waals surface area contributed by atoms with Crippen molar-refractivity contribution in [2.24, 2.45) is 0 Å². The molecular formula is C25H18F4N2OS. The minimum absolute atomic E-state index is 0.127. The molecule has 0 bridgehead atoms. The molecule has 0 aliphatic carbocycles. The van der Waals surface area contributed by atoms with Gasteiger partial charge in [-0.15, -0.1) is 11.3 Å². The van der Waals surface area contributed by atoms with Crippen LogP contribution in [0.1, 0.15) is 21.6 Å². The van der Waals surface area contributed by atoms with Gasteiger partial charge >= 0.3 is 0 Å². The summed E-state index contributed by atoms with van der Waals surface area (Å²) in [6.45, 7) is 1.16. The summed E-state index contributed by atoms with van der Waals surface area (Å²) >= 11 is 1.27. The van der Waals surface area contributed by atoms with E-state index < -0.39 is 23.3 Å². The molecule has 5 rings (SSSR count). The normalized spacial score (nSPS) is 12.5. The van der Waals surface area contributed by atoms with Gasteiger partial charge in [-0.2, -0.15) is 0 Å². The molecule has 1 N–H and O–H groups in total. The zero-order chi connectivity index (χ0) is 22.9. The zero-order valence-electron chi connectivity index (χ0n) is 17.3. The third kappa shape index (κ3) is 4.71. The van der Waals surface area contributed by atoms with Gasteiger partial charge in [0.1, 0.15) is 29.0 Å². The van der Waals surface area contributed by atoms with Crippen LogP contribution in [0.2, 0.25) is 0 Å². The average Bonchev–Trinajstić information content (AvgIpc) is 3.38. The highest BCUT2D eigenvalue weighted by Gasteiger charge is 2.18. The molecule has 1 aromatic heterocycles. The van der Waals surface area contributed by atoms with Crippen LogP contribution in [0.5, 0.6) is 5.75 Å². The summed E-state index contributed by atoms with van der Waals surface area (Å²) in [5, 5.41) is 3.77. The van der Waals surface area contributed by atoms with E-state index in [1.54, 1.807) is 0 Å². The van der Waals surface area contributed by atoms with Crippen LogP contribution in [0, 0.1) is 23.3 Å². The van der Waals surface area contributed by atoms with Gasteiger partial charge in [-0.25, -0.2) is 22.5 Å². The van der Waals surface area contributed by atoms with Crippen molar-refractivity contribution in [3.8, 4) is 17.0 Å². The number of ether oxygens (including phenoxy) is 1. The number of hydrogen-bond acceptors (Lipinski definition) is 4. The van der Waals surface area contributed by atoms with Gasteiger partial charge in [-0.05, 0) is 47.0 Å². The lowest BCUT2D eigenvalue weighted by Crippen LogP contribution is -1.99. The standard InChI is InChI=1S/C25H18F4N2OS/c26-17-2-3-20(21(29)12-17)24-23(10-15-8-18(27)11-19(28)9-15)33-25(31-24)30-13-14-1-4-22-16(7-14)5-6-32-22/h1-4,7-9,11-12H,5-6,10,13H2,(H,30,31). The Kier molecular flexibility index (Phi) is 5.76. The molecule has 0 atom stereocenters. The van der Waals surface area contributed by atoms with E-state index in [1.165, 1.54) is 29.5 Å². The van der Waals surface area contributed by atoms with Crippen molar-refractivity contribution in [2.75, 3.05) is 11.9 Å². The third-order valence-electron chi connectivity index (χ3n) is 5.37. The van der Waals surface area contributed by atoms with Crippen molar-refractivity contribution < 1.29 is 22.3 Å². The van der Waals surface area contributed by atoms with Crippen LogP contribution in [0.4, 0.5) is 22.7 Å². The van der Waals surface area contributed by atoms with Crippen LogP contribution in [-0.2, 0) is 19.4 Å². The molecular weight excluding hydrogens is 452 g/mol. The Morgan fingerprint density at radius 2 is 1.70 bits per heavy atom. The van der Waals surface area contributed by atoms with Gasteiger partial charge in [-0.3, -0.25) is 0 Å². The summed E-state index contributed by atoms with van der Waals surface area (Å²) in [7, 11) is 0. The fourth-order valence-corrected chi connectivity index (χ4v) is 4.87. The van der Waals surface area contributed by atoms with Crippen LogP contribution >= 0.6 is 11.3 Å². The van der Waals surface area contributed by atoms with Crippen LogP contribution in [0.15, 0.2) is 54.6 Å². The minimum Gasteiger partial charge on any atom is -0.493 e. The Morgan fingerprint density at radius 1 is 0.879 bits per heavy atom. The molecule has 0 fully saturated rings. The van der Waals surface area contributed by atoms with E-state index in [0.29, 0.717) is 34.4 Å². The van der Waals surface area contributed by atoms with E-state index in [0.717, 1.165) is 41.5 Å². The number of aromatic nitrogens is 1. The smallest absolute Gasteiger partial charge is 0.183 e. The molecule has 2 heterocycles. The van der Waals surface area contributed by atoms with Crippen LogP contribution in [0.3, 0.4) is 0 Å². The monoisotopic (exact) mass is 470 g/mol. The van der Waals surface area contributed by atoms with Crippen LogP contribution in [0.25, 0.3) is 11.3 Å². The van der Waals surface area contributed by atoms with E-state index in [1.807, 2.05) is 12.1 Å². The Morgan fingerprint density at radius 3 is 2.48 bits per heavy atom. The molecule has 3 aromatic carbocycles. The van der Waals surface area contributed by atoms with Crippen molar-refractivity contribution in [3.05, 3.63) is 99.4 Å². The lowest BCUT2D eigenvalue weighted by atomic mass is 10.1. The topological polar surface area (TPSA) is 34.1 Å². The van der Waals surface area contributed by atoms with Crippen molar-refractivity contribution in [3.63, 3.8) is 0 Å². The van der Waals surface area contributed by atoms with E-state index in [4.69, 9.17) is 4.74 Å². The second-order valence-corrected chi connectivity index (χ2v) is 8.85. The summed E-state index contributed by atoms with van der Waals surface area (Å²) in [5.74, 6) is -1.94. The summed E-state index contributed by atoms with van der Waals surface area (Å²) in [6.07, 6.45) is 1.01. The molecule has 3 nitrogen and oxygen atoms in total. The molecule has 1 aliphatic heterocycles.